The Balaban J connectivity index is 1.88. The first-order valence-corrected chi connectivity index (χ1v) is 37.8. The van der Waals surface area contributed by atoms with E-state index in [-0.39, 0.29) is 18.5 Å². The van der Waals surface area contributed by atoms with Crippen LogP contribution in [0.25, 0.3) is 0 Å². The molecule has 0 aromatic rings. The maximum atomic E-state index is 13.0. The predicted molar refractivity (Wildman–Crippen MR) is 366 cm³/mol. The molecule has 11 nitrogen and oxygen atoms in total. The van der Waals surface area contributed by atoms with E-state index in [4.69, 9.17) is 14.2 Å². The van der Waals surface area contributed by atoms with Crippen LogP contribution >= 0.6 is 0 Å². The molecule has 1 fully saturated rings. The molecule has 1 aliphatic rings. The number of hydrogen-bond donors (Lipinski definition) is 6. The number of carbonyl (C=O) groups is 2. The summed E-state index contributed by atoms with van der Waals surface area (Å²) in [6.07, 6.45) is 74.7. The Morgan fingerprint density at radius 1 is 0.425 bits per heavy atom. The minimum atomic E-state index is -1.57. The van der Waals surface area contributed by atoms with Crippen molar-refractivity contribution < 1.29 is 49.3 Å². The number of nitrogens with one attached hydrogen (secondary N) is 1. The van der Waals surface area contributed by atoms with Crippen LogP contribution in [0.4, 0.5) is 0 Å². The van der Waals surface area contributed by atoms with E-state index in [1.54, 1.807) is 6.08 Å². The summed E-state index contributed by atoms with van der Waals surface area (Å²) >= 11 is 0. The van der Waals surface area contributed by atoms with Crippen LogP contribution in [0.2, 0.25) is 0 Å². The second-order valence-electron chi connectivity index (χ2n) is 26.4. The molecule has 1 rings (SSSR count). The molecule has 0 bridgehead atoms. The molecule has 0 saturated carbocycles. The van der Waals surface area contributed by atoms with Crippen LogP contribution in [-0.2, 0) is 23.8 Å². The highest BCUT2D eigenvalue weighted by atomic mass is 16.7. The number of ether oxygens (including phenoxy) is 3. The maximum Gasteiger partial charge on any atom is 0.305 e. The van der Waals surface area contributed by atoms with Gasteiger partial charge in [-0.2, -0.15) is 0 Å². The number of esters is 1. The van der Waals surface area contributed by atoms with Gasteiger partial charge < -0.3 is 45.1 Å². The number of carbonyl (C=O) groups excluding carboxylic acids is 2. The first-order valence-electron chi connectivity index (χ1n) is 37.8. The molecule has 7 atom stereocenters. The second kappa shape index (κ2) is 65.4. The Morgan fingerprint density at radius 2 is 0.770 bits per heavy atom. The van der Waals surface area contributed by atoms with E-state index in [1.807, 2.05) is 6.08 Å². The van der Waals surface area contributed by atoms with Crippen molar-refractivity contribution in [3.05, 3.63) is 36.5 Å². The number of amides is 1. The molecule has 0 aromatic heterocycles. The zero-order chi connectivity index (χ0) is 63.0. The standard InChI is InChI=1S/C76H143NO10/c1-3-5-7-9-11-13-14-40-44-48-52-56-60-64-72(81)85-65-61-57-53-49-45-42-39-37-35-33-31-29-27-25-23-21-19-17-15-16-18-20-22-24-26-28-30-32-34-36-38-41-43-47-51-55-59-63-71(80)77-68(69(79)62-58-54-50-46-12-10-8-6-4-2)67-86-76-75(84)74(83)73(82)70(66-78)87-76/h15,17,21,23,58,62,68-70,73-76,78-79,82-84H,3-14,16,18-20,22,24-57,59-61,63-67H2,1-2H3,(H,77,80)/b17-15-,23-21-,62-58+. The first kappa shape index (κ1) is 82.9. The SMILES string of the molecule is CCCCCCCCC/C=C/C(O)C(COC1OC(CO)C(O)C(O)C1O)NC(=O)CCCCCCCCCCCCCCCCCCC/C=C\C/C=C\CCCCCCCCCCCCCCCOC(=O)CCCCCCCCCCCCCCC. The third kappa shape index (κ3) is 54.2. The fourth-order valence-electron chi connectivity index (χ4n) is 12.1. The van der Waals surface area contributed by atoms with E-state index in [0.29, 0.717) is 19.4 Å². The number of aliphatic hydroxyl groups excluding tert-OH is 5. The molecule has 1 amide bonds. The van der Waals surface area contributed by atoms with E-state index in [0.717, 1.165) is 57.8 Å². The normalized spacial score (nSPS) is 18.0. The van der Waals surface area contributed by atoms with Crippen molar-refractivity contribution >= 4 is 11.9 Å². The Labute approximate surface area is 536 Å². The van der Waals surface area contributed by atoms with Crippen LogP contribution < -0.4 is 5.32 Å². The van der Waals surface area contributed by atoms with Crippen LogP contribution in [0, 0.1) is 0 Å². The quantitative estimate of drug-likeness (QED) is 0.0195. The van der Waals surface area contributed by atoms with Gasteiger partial charge in [-0.05, 0) is 64.2 Å². The summed E-state index contributed by atoms with van der Waals surface area (Å²) in [7, 11) is 0. The third-order valence-corrected chi connectivity index (χ3v) is 18.0. The van der Waals surface area contributed by atoms with Gasteiger partial charge in [-0.25, -0.2) is 0 Å². The summed E-state index contributed by atoms with van der Waals surface area (Å²) in [5.74, 6) is -0.165. The van der Waals surface area contributed by atoms with E-state index in [1.165, 1.54) is 289 Å². The van der Waals surface area contributed by atoms with Crippen molar-refractivity contribution in [3.8, 4) is 0 Å². The van der Waals surface area contributed by atoms with E-state index >= 15 is 0 Å². The minimum Gasteiger partial charge on any atom is -0.466 e. The average molecular weight is 1230 g/mol. The lowest BCUT2D eigenvalue weighted by Crippen LogP contribution is -2.60. The van der Waals surface area contributed by atoms with Crippen LogP contribution in [0.1, 0.15) is 373 Å². The second-order valence-corrected chi connectivity index (χ2v) is 26.4. The van der Waals surface area contributed by atoms with Gasteiger partial charge in [0, 0.05) is 12.8 Å². The largest absolute Gasteiger partial charge is 0.466 e. The van der Waals surface area contributed by atoms with Gasteiger partial charge in [0.2, 0.25) is 5.91 Å². The van der Waals surface area contributed by atoms with Gasteiger partial charge in [0.05, 0.1) is 32.0 Å². The highest BCUT2D eigenvalue weighted by Gasteiger charge is 2.44. The summed E-state index contributed by atoms with van der Waals surface area (Å²) in [5.41, 5.74) is 0. The monoisotopic (exact) mass is 1230 g/mol. The molecule has 1 saturated heterocycles. The molecular weight excluding hydrogens is 1090 g/mol. The maximum absolute atomic E-state index is 13.0. The van der Waals surface area contributed by atoms with Crippen LogP contribution in [0.3, 0.4) is 0 Å². The van der Waals surface area contributed by atoms with Crippen LogP contribution in [0.15, 0.2) is 36.5 Å². The lowest BCUT2D eigenvalue weighted by atomic mass is 9.99. The third-order valence-electron chi connectivity index (χ3n) is 18.0. The molecule has 11 heteroatoms. The fourth-order valence-corrected chi connectivity index (χ4v) is 12.1. The van der Waals surface area contributed by atoms with Crippen molar-refractivity contribution in [1.29, 1.82) is 0 Å². The van der Waals surface area contributed by atoms with Gasteiger partial charge in [0.15, 0.2) is 6.29 Å². The smallest absolute Gasteiger partial charge is 0.305 e. The van der Waals surface area contributed by atoms with Crippen LogP contribution in [0.5, 0.6) is 0 Å². The van der Waals surface area contributed by atoms with Crippen molar-refractivity contribution in [2.75, 3.05) is 19.8 Å². The van der Waals surface area contributed by atoms with Gasteiger partial charge in [0.25, 0.3) is 0 Å². The number of unbranched alkanes of at least 4 members (excludes halogenated alkanes) is 49. The summed E-state index contributed by atoms with van der Waals surface area (Å²) in [6.45, 7) is 4.36. The van der Waals surface area contributed by atoms with E-state index in [2.05, 4.69) is 43.5 Å². The summed E-state index contributed by atoms with van der Waals surface area (Å²) in [6, 6.07) is -0.806. The molecule has 7 unspecified atom stereocenters. The summed E-state index contributed by atoms with van der Waals surface area (Å²) < 4.78 is 16.7. The molecule has 6 N–H and O–H groups in total. The van der Waals surface area contributed by atoms with Gasteiger partial charge in [-0.1, -0.05) is 333 Å². The molecule has 0 aromatic carbocycles. The Kier molecular flexibility index (Phi) is 62.3. The summed E-state index contributed by atoms with van der Waals surface area (Å²) in [5, 5.41) is 54.3. The molecule has 1 heterocycles. The zero-order valence-electron chi connectivity index (χ0n) is 57.0. The topological polar surface area (TPSA) is 175 Å². The van der Waals surface area contributed by atoms with Crippen molar-refractivity contribution in [1.82, 2.24) is 5.32 Å². The highest BCUT2D eigenvalue weighted by molar-refractivity contribution is 5.76. The summed E-state index contributed by atoms with van der Waals surface area (Å²) in [4.78, 5) is 25.1. The molecule has 0 spiro atoms. The molecule has 1 aliphatic heterocycles. The lowest BCUT2D eigenvalue weighted by Gasteiger charge is -2.40. The zero-order valence-corrected chi connectivity index (χ0v) is 57.0. The molecular formula is C76H143NO10. The Bertz CT molecular complexity index is 1540. The molecule has 512 valence electrons. The van der Waals surface area contributed by atoms with Crippen molar-refractivity contribution in [2.24, 2.45) is 0 Å². The Hall–Kier alpha value is -2.12. The molecule has 87 heavy (non-hydrogen) atoms. The van der Waals surface area contributed by atoms with Gasteiger partial charge in [0.1, 0.15) is 24.4 Å². The highest BCUT2D eigenvalue weighted by Crippen LogP contribution is 2.24. The van der Waals surface area contributed by atoms with E-state index < -0.39 is 49.5 Å². The van der Waals surface area contributed by atoms with Gasteiger partial charge >= 0.3 is 5.97 Å². The average Bonchev–Trinajstić information content (AvgIpc) is 1.99. The minimum absolute atomic E-state index is 0.0145. The van der Waals surface area contributed by atoms with Crippen molar-refractivity contribution in [2.45, 2.75) is 416 Å². The number of hydrogen-bond acceptors (Lipinski definition) is 10. The number of aliphatic hydroxyl groups is 5. The van der Waals surface area contributed by atoms with Crippen LogP contribution in [-0.4, -0.2) is 100 Å². The molecule has 0 aliphatic carbocycles. The molecule has 0 radical (unpaired) electrons. The predicted octanol–water partition coefficient (Wildman–Crippen LogP) is 19.7. The van der Waals surface area contributed by atoms with Gasteiger partial charge in [-0.15, -0.1) is 0 Å². The van der Waals surface area contributed by atoms with Crippen molar-refractivity contribution in [3.63, 3.8) is 0 Å². The van der Waals surface area contributed by atoms with Gasteiger partial charge in [-0.3, -0.25) is 9.59 Å². The number of allylic oxidation sites excluding steroid dienone is 5. The first-order chi connectivity index (χ1) is 42.7. The Morgan fingerprint density at radius 3 is 1.16 bits per heavy atom. The van der Waals surface area contributed by atoms with E-state index in [9.17, 15) is 35.1 Å². The lowest BCUT2D eigenvalue weighted by molar-refractivity contribution is -0.302. The fraction of sp³-hybridized carbons (Fsp3) is 0.895. The number of rotatable bonds is 67.